The van der Waals surface area contributed by atoms with E-state index < -0.39 is 6.10 Å². The number of likely N-dealkylation sites (N-methyl/N-ethyl adjacent to an activating group) is 1. The van der Waals surface area contributed by atoms with Gasteiger partial charge in [0.05, 0.1) is 12.5 Å². The number of nitrogens with zero attached hydrogens (tertiary/aromatic N) is 1. The lowest BCUT2D eigenvalue weighted by atomic mass is 10.1. The molecule has 1 unspecified atom stereocenters. The summed E-state index contributed by atoms with van der Waals surface area (Å²) < 4.78 is 13.0. The quantitative estimate of drug-likeness (QED) is 0.863. The van der Waals surface area contributed by atoms with Gasteiger partial charge in [-0.25, -0.2) is 4.39 Å². The molecule has 98 valence electrons. The molecule has 1 aromatic rings. The predicted molar refractivity (Wildman–Crippen MR) is 66.5 cm³/mol. The summed E-state index contributed by atoms with van der Waals surface area (Å²) in [5, 5.41) is 9.76. The van der Waals surface area contributed by atoms with Crippen LogP contribution in [0, 0.1) is 11.7 Å². The van der Waals surface area contributed by atoms with E-state index in [4.69, 9.17) is 0 Å². The first-order chi connectivity index (χ1) is 8.56. The van der Waals surface area contributed by atoms with Gasteiger partial charge in [0.1, 0.15) is 5.82 Å². The number of halogens is 1. The second kappa shape index (κ2) is 5.48. The molecule has 0 bridgehead atoms. The topological polar surface area (TPSA) is 40.5 Å². The Morgan fingerprint density at radius 2 is 2.28 bits per heavy atom. The molecule has 1 atom stereocenters. The molecule has 3 nitrogen and oxygen atoms in total. The van der Waals surface area contributed by atoms with Crippen molar-refractivity contribution in [3.63, 3.8) is 0 Å². The Morgan fingerprint density at radius 1 is 1.56 bits per heavy atom. The first-order valence-electron chi connectivity index (χ1n) is 6.22. The van der Waals surface area contributed by atoms with E-state index in [2.05, 4.69) is 0 Å². The molecule has 0 aromatic heterocycles. The van der Waals surface area contributed by atoms with Crippen LogP contribution in [0.25, 0.3) is 0 Å². The van der Waals surface area contributed by atoms with Crippen molar-refractivity contribution < 1.29 is 14.3 Å². The van der Waals surface area contributed by atoms with Crippen molar-refractivity contribution in [1.82, 2.24) is 4.90 Å². The number of hydrogen-bond donors (Lipinski definition) is 1. The van der Waals surface area contributed by atoms with E-state index in [-0.39, 0.29) is 18.1 Å². The molecule has 4 heteroatoms. The average Bonchev–Trinajstić information content (AvgIpc) is 3.12. The molecular formula is C14H18FNO2. The summed E-state index contributed by atoms with van der Waals surface area (Å²) in [6.45, 7) is 0.360. The second-order valence-corrected chi connectivity index (χ2v) is 4.99. The largest absolute Gasteiger partial charge is 0.391 e. The molecule has 0 saturated heterocycles. The second-order valence-electron chi connectivity index (χ2n) is 4.99. The third kappa shape index (κ3) is 3.53. The summed E-state index contributed by atoms with van der Waals surface area (Å²) in [6, 6.07) is 6.04. The van der Waals surface area contributed by atoms with Crippen molar-refractivity contribution in [1.29, 1.82) is 0 Å². The van der Waals surface area contributed by atoms with Crippen molar-refractivity contribution in [3.05, 3.63) is 35.6 Å². The van der Waals surface area contributed by atoms with Crippen LogP contribution in [0.2, 0.25) is 0 Å². The molecule has 1 amide bonds. The van der Waals surface area contributed by atoms with Gasteiger partial charge in [0.2, 0.25) is 5.91 Å². The van der Waals surface area contributed by atoms with Crippen molar-refractivity contribution in [3.8, 4) is 0 Å². The number of amides is 1. The molecule has 1 aliphatic carbocycles. The van der Waals surface area contributed by atoms with Gasteiger partial charge in [-0.1, -0.05) is 12.1 Å². The summed E-state index contributed by atoms with van der Waals surface area (Å²) in [6.07, 6.45) is 1.85. The monoisotopic (exact) mass is 251 g/mol. The molecule has 1 aromatic carbocycles. The predicted octanol–water partition coefficient (Wildman–Crippen LogP) is 1.60. The Bertz CT molecular complexity index is 432. The minimum atomic E-state index is -0.425. The number of hydrogen-bond acceptors (Lipinski definition) is 2. The molecule has 1 N–H and O–H groups in total. The SMILES string of the molecule is CN(CC(O)C1CC1)C(=O)Cc1cccc(F)c1. The molecule has 1 aliphatic rings. The number of rotatable bonds is 5. The van der Waals surface area contributed by atoms with Crippen LogP contribution in [0.4, 0.5) is 4.39 Å². The molecule has 2 rings (SSSR count). The van der Waals surface area contributed by atoms with Gasteiger partial charge >= 0.3 is 0 Å². The molecule has 1 fully saturated rings. The zero-order valence-corrected chi connectivity index (χ0v) is 10.5. The number of aliphatic hydroxyl groups excluding tert-OH is 1. The van der Waals surface area contributed by atoms with E-state index in [1.165, 1.54) is 17.0 Å². The lowest BCUT2D eigenvalue weighted by molar-refractivity contribution is -0.130. The van der Waals surface area contributed by atoms with Crippen LogP contribution in [0.1, 0.15) is 18.4 Å². The summed E-state index contributed by atoms with van der Waals surface area (Å²) >= 11 is 0. The maximum Gasteiger partial charge on any atom is 0.226 e. The van der Waals surface area contributed by atoms with E-state index in [1.807, 2.05) is 0 Å². The first-order valence-corrected chi connectivity index (χ1v) is 6.22. The van der Waals surface area contributed by atoms with E-state index in [0.29, 0.717) is 18.0 Å². The van der Waals surface area contributed by atoms with Gasteiger partial charge in [-0.05, 0) is 36.5 Å². The van der Waals surface area contributed by atoms with Crippen molar-refractivity contribution in [2.45, 2.75) is 25.4 Å². The Labute approximate surface area is 106 Å². The van der Waals surface area contributed by atoms with E-state index in [1.54, 1.807) is 19.2 Å². The van der Waals surface area contributed by atoms with Gasteiger partial charge < -0.3 is 10.0 Å². The van der Waals surface area contributed by atoms with Gasteiger partial charge in [0, 0.05) is 13.6 Å². The fourth-order valence-corrected chi connectivity index (χ4v) is 1.97. The number of carbonyl (C=O) groups excluding carboxylic acids is 1. The summed E-state index contributed by atoms with van der Waals surface area (Å²) in [7, 11) is 1.67. The molecule has 0 spiro atoms. The third-order valence-corrected chi connectivity index (χ3v) is 3.30. The zero-order valence-electron chi connectivity index (χ0n) is 10.5. The highest BCUT2D eigenvalue weighted by molar-refractivity contribution is 5.78. The van der Waals surface area contributed by atoms with Gasteiger partial charge in [-0.2, -0.15) is 0 Å². The van der Waals surface area contributed by atoms with Crippen LogP contribution in [0.15, 0.2) is 24.3 Å². The summed E-state index contributed by atoms with van der Waals surface area (Å²) in [5.41, 5.74) is 0.660. The fourth-order valence-electron chi connectivity index (χ4n) is 1.97. The first kappa shape index (κ1) is 13.0. The standard InChI is InChI=1S/C14H18FNO2/c1-16(9-13(17)11-5-6-11)14(18)8-10-3-2-4-12(15)7-10/h2-4,7,11,13,17H,5-6,8-9H2,1H3. The van der Waals surface area contributed by atoms with Crippen molar-refractivity contribution in [2.24, 2.45) is 5.92 Å². The van der Waals surface area contributed by atoms with E-state index >= 15 is 0 Å². The minimum Gasteiger partial charge on any atom is -0.391 e. The Kier molecular flexibility index (Phi) is 3.97. The highest BCUT2D eigenvalue weighted by atomic mass is 19.1. The Balaban J connectivity index is 1.86. The summed E-state index contributed by atoms with van der Waals surface area (Å²) in [5.74, 6) is -0.0734. The average molecular weight is 251 g/mol. The van der Waals surface area contributed by atoms with Gasteiger partial charge in [0.25, 0.3) is 0 Å². The highest BCUT2D eigenvalue weighted by Crippen LogP contribution is 2.32. The van der Waals surface area contributed by atoms with Gasteiger partial charge in [0.15, 0.2) is 0 Å². The smallest absolute Gasteiger partial charge is 0.226 e. The van der Waals surface area contributed by atoms with Crippen molar-refractivity contribution in [2.75, 3.05) is 13.6 Å². The summed E-state index contributed by atoms with van der Waals surface area (Å²) in [4.78, 5) is 13.4. The fraction of sp³-hybridized carbons (Fsp3) is 0.500. The van der Waals surface area contributed by atoms with Crippen LogP contribution < -0.4 is 0 Å². The van der Waals surface area contributed by atoms with E-state index in [9.17, 15) is 14.3 Å². The zero-order chi connectivity index (χ0) is 13.1. The number of benzene rings is 1. The van der Waals surface area contributed by atoms with E-state index in [0.717, 1.165) is 12.8 Å². The molecule has 0 radical (unpaired) electrons. The van der Waals surface area contributed by atoms with Crippen LogP contribution in [-0.2, 0) is 11.2 Å². The maximum absolute atomic E-state index is 13.0. The lowest BCUT2D eigenvalue weighted by Gasteiger charge is -2.20. The lowest BCUT2D eigenvalue weighted by Crippen LogP contribution is -2.36. The van der Waals surface area contributed by atoms with Crippen LogP contribution in [0.3, 0.4) is 0 Å². The third-order valence-electron chi connectivity index (χ3n) is 3.30. The molecular weight excluding hydrogens is 233 g/mol. The number of aliphatic hydroxyl groups is 1. The van der Waals surface area contributed by atoms with Crippen molar-refractivity contribution >= 4 is 5.91 Å². The molecule has 1 saturated carbocycles. The highest BCUT2D eigenvalue weighted by Gasteiger charge is 2.31. The van der Waals surface area contributed by atoms with Crippen LogP contribution in [-0.4, -0.2) is 35.6 Å². The maximum atomic E-state index is 13.0. The van der Waals surface area contributed by atoms with Crippen LogP contribution in [0.5, 0.6) is 0 Å². The van der Waals surface area contributed by atoms with Crippen LogP contribution >= 0.6 is 0 Å². The number of carbonyl (C=O) groups is 1. The molecule has 18 heavy (non-hydrogen) atoms. The Hall–Kier alpha value is -1.42. The normalized spacial score (nSPS) is 16.4. The molecule has 0 heterocycles. The minimum absolute atomic E-state index is 0.0969. The van der Waals surface area contributed by atoms with Gasteiger partial charge in [-0.15, -0.1) is 0 Å². The molecule has 0 aliphatic heterocycles. The van der Waals surface area contributed by atoms with Gasteiger partial charge in [-0.3, -0.25) is 4.79 Å². The Morgan fingerprint density at radius 3 is 2.89 bits per heavy atom.